The van der Waals surface area contributed by atoms with Gasteiger partial charge in [-0.15, -0.1) is 0 Å². The average molecular weight is 329 g/mol. The summed E-state index contributed by atoms with van der Waals surface area (Å²) >= 11 is 0. The number of carbonyl (C=O) groups excluding carboxylic acids is 1. The largest absolute Gasteiger partial charge is 0.494 e. The normalized spacial score (nSPS) is 24.2. The lowest BCUT2D eigenvalue weighted by atomic mass is 9.96. The molecule has 1 N–H and O–H groups in total. The highest BCUT2D eigenvalue weighted by Gasteiger charge is 2.41. The Kier molecular flexibility index (Phi) is 4.81. The molecule has 1 aromatic rings. The minimum absolute atomic E-state index is 0.0202. The second kappa shape index (κ2) is 6.85. The highest BCUT2D eigenvalue weighted by molar-refractivity contribution is 5.97. The first-order chi connectivity index (χ1) is 11.6. The topological polar surface area (TPSA) is 44.8 Å². The Morgan fingerprint density at radius 3 is 2.75 bits per heavy atom. The van der Waals surface area contributed by atoms with Crippen LogP contribution in [0.15, 0.2) is 35.5 Å². The van der Waals surface area contributed by atoms with Crippen molar-refractivity contribution in [1.82, 2.24) is 15.1 Å². The van der Waals surface area contributed by atoms with Gasteiger partial charge in [0.15, 0.2) is 0 Å². The number of benzene rings is 1. The lowest BCUT2D eigenvalue weighted by Crippen LogP contribution is -2.50. The van der Waals surface area contributed by atoms with E-state index in [-0.39, 0.29) is 18.1 Å². The van der Waals surface area contributed by atoms with Crippen molar-refractivity contribution in [2.45, 2.75) is 39.4 Å². The summed E-state index contributed by atoms with van der Waals surface area (Å²) in [5.74, 6) is 0.870. The van der Waals surface area contributed by atoms with E-state index in [1.165, 1.54) is 0 Å². The molecule has 2 heterocycles. The molecule has 1 aromatic carbocycles. The van der Waals surface area contributed by atoms with Crippen molar-refractivity contribution >= 4 is 5.91 Å². The Bertz CT molecular complexity index is 656. The quantitative estimate of drug-likeness (QED) is 0.901. The maximum absolute atomic E-state index is 12.6. The van der Waals surface area contributed by atoms with E-state index in [9.17, 15) is 4.79 Å². The lowest BCUT2D eigenvalue weighted by molar-refractivity contribution is -0.119. The van der Waals surface area contributed by atoms with Crippen LogP contribution >= 0.6 is 0 Å². The van der Waals surface area contributed by atoms with Crippen molar-refractivity contribution in [3.05, 3.63) is 41.1 Å². The number of likely N-dealkylation sites (N-methyl/N-ethyl adjacent to an activating group) is 1. The maximum atomic E-state index is 12.6. The second-order valence-corrected chi connectivity index (χ2v) is 6.46. The van der Waals surface area contributed by atoms with E-state index in [1.54, 1.807) is 0 Å². The molecule has 5 nitrogen and oxygen atoms in total. The molecule has 2 aliphatic rings. The number of nitrogens with one attached hydrogen (secondary N) is 1. The Balaban J connectivity index is 2.00. The van der Waals surface area contributed by atoms with Crippen LogP contribution in [-0.2, 0) is 4.79 Å². The predicted molar refractivity (Wildman–Crippen MR) is 94.6 cm³/mol. The monoisotopic (exact) mass is 329 g/mol. The smallest absolute Gasteiger partial charge is 0.268 e. The molecule has 0 fully saturated rings. The Morgan fingerprint density at radius 1 is 1.29 bits per heavy atom. The van der Waals surface area contributed by atoms with E-state index in [0.717, 1.165) is 42.1 Å². The fourth-order valence-corrected chi connectivity index (χ4v) is 3.73. The van der Waals surface area contributed by atoms with Gasteiger partial charge in [0.25, 0.3) is 5.91 Å². The zero-order chi connectivity index (χ0) is 17.3. The maximum Gasteiger partial charge on any atom is 0.268 e. The number of hydrogen-bond acceptors (Lipinski definition) is 4. The molecule has 2 atom stereocenters. The van der Waals surface area contributed by atoms with Crippen molar-refractivity contribution < 1.29 is 9.53 Å². The summed E-state index contributed by atoms with van der Waals surface area (Å²) < 4.78 is 5.79. The van der Waals surface area contributed by atoms with Crippen LogP contribution in [0.3, 0.4) is 0 Å². The zero-order valence-electron chi connectivity index (χ0n) is 15.0. The fourth-order valence-electron chi connectivity index (χ4n) is 3.73. The molecule has 2 unspecified atom stereocenters. The van der Waals surface area contributed by atoms with E-state index in [4.69, 9.17) is 4.74 Å². The van der Waals surface area contributed by atoms with Crippen LogP contribution in [0.2, 0.25) is 0 Å². The standard InChI is InChI=1S/C19H27N3O2/c1-5-11-22-12-15-17(14-9-7-8-10-16(14)24-6-2)20-19(23)18(15)21(4)13(22)3/h7-10,13,17H,5-6,11-12H2,1-4H3,(H,20,23). The summed E-state index contributed by atoms with van der Waals surface area (Å²) in [5.41, 5.74) is 3.02. The summed E-state index contributed by atoms with van der Waals surface area (Å²) in [5, 5.41) is 3.16. The molecule has 2 aliphatic heterocycles. The van der Waals surface area contributed by atoms with Crippen molar-refractivity contribution in [2.75, 3.05) is 26.7 Å². The summed E-state index contributed by atoms with van der Waals surface area (Å²) in [4.78, 5) is 17.1. The third kappa shape index (κ3) is 2.77. The zero-order valence-corrected chi connectivity index (χ0v) is 15.0. The van der Waals surface area contributed by atoms with Crippen LogP contribution in [0.5, 0.6) is 5.75 Å². The molecule has 0 spiro atoms. The molecule has 1 amide bonds. The lowest BCUT2D eigenvalue weighted by Gasteiger charge is -2.41. The highest BCUT2D eigenvalue weighted by atomic mass is 16.5. The number of rotatable bonds is 5. The van der Waals surface area contributed by atoms with Crippen molar-refractivity contribution in [3.8, 4) is 5.75 Å². The molecule has 130 valence electrons. The molecule has 0 bridgehead atoms. The van der Waals surface area contributed by atoms with Gasteiger partial charge in [-0.25, -0.2) is 0 Å². The molecule has 0 saturated heterocycles. The minimum atomic E-state index is -0.107. The number of para-hydroxylation sites is 1. The van der Waals surface area contributed by atoms with Crippen LogP contribution in [0.1, 0.15) is 38.8 Å². The molecule has 24 heavy (non-hydrogen) atoms. The van der Waals surface area contributed by atoms with Gasteiger partial charge in [-0.1, -0.05) is 25.1 Å². The van der Waals surface area contributed by atoms with Crippen molar-refractivity contribution in [3.63, 3.8) is 0 Å². The molecular weight excluding hydrogens is 302 g/mol. The summed E-state index contributed by atoms with van der Waals surface area (Å²) in [7, 11) is 2.01. The van der Waals surface area contributed by atoms with E-state index < -0.39 is 0 Å². The first-order valence-electron chi connectivity index (χ1n) is 8.81. The summed E-state index contributed by atoms with van der Waals surface area (Å²) in [6, 6.07) is 7.89. The summed E-state index contributed by atoms with van der Waals surface area (Å²) in [6.45, 7) is 8.79. The number of hydrogen-bond donors (Lipinski definition) is 1. The Morgan fingerprint density at radius 2 is 2.04 bits per heavy atom. The van der Waals surface area contributed by atoms with Crippen LogP contribution < -0.4 is 10.1 Å². The van der Waals surface area contributed by atoms with Gasteiger partial charge in [0, 0.05) is 25.7 Å². The molecule has 0 aliphatic carbocycles. The molecule has 0 aromatic heterocycles. The van der Waals surface area contributed by atoms with Crippen LogP contribution in [0.25, 0.3) is 0 Å². The Hall–Kier alpha value is -2.01. The number of carbonyl (C=O) groups is 1. The van der Waals surface area contributed by atoms with Gasteiger partial charge in [0.1, 0.15) is 11.4 Å². The molecule has 0 radical (unpaired) electrons. The van der Waals surface area contributed by atoms with Gasteiger partial charge in [-0.05, 0) is 31.9 Å². The molecule has 5 heteroatoms. The van der Waals surface area contributed by atoms with Gasteiger partial charge < -0.3 is 15.0 Å². The SMILES string of the molecule is CCCN1CC2=C(C(=O)NC2c2ccccc2OCC)N(C)C1C. The van der Waals surface area contributed by atoms with E-state index in [0.29, 0.717) is 6.61 Å². The van der Waals surface area contributed by atoms with E-state index in [2.05, 4.69) is 29.0 Å². The first kappa shape index (κ1) is 16.8. The Labute approximate surface area is 144 Å². The van der Waals surface area contributed by atoms with Crippen LogP contribution in [0, 0.1) is 0 Å². The average Bonchev–Trinajstić information content (AvgIpc) is 2.90. The van der Waals surface area contributed by atoms with Gasteiger partial charge >= 0.3 is 0 Å². The van der Waals surface area contributed by atoms with Crippen molar-refractivity contribution in [1.29, 1.82) is 0 Å². The first-order valence-corrected chi connectivity index (χ1v) is 8.81. The number of ether oxygens (including phenoxy) is 1. The van der Waals surface area contributed by atoms with Gasteiger partial charge in [0.2, 0.25) is 0 Å². The van der Waals surface area contributed by atoms with E-state index >= 15 is 0 Å². The second-order valence-electron chi connectivity index (χ2n) is 6.46. The van der Waals surface area contributed by atoms with E-state index in [1.807, 2.05) is 38.2 Å². The molecular formula is C19H27N3O2. The summed E-state index contributed by atoms with van der Waals surface area (Å²) in [6.07, 6.45) is 1.33. The van der Waals surface area contributed by atoms with Crippen LogP contribution in [-0.4, -0.2) is 48.6 Å². The highest BCUT2D eigenvalue weighted by Crippen LogP contribution is 2.39. The third-order valence-electron chi connectivity index (χ3n) is 5.00. The predicted octanol–water partition coefficient (Wildman–Crippen LogP) is 2.51. The number of amides is 1. The molecule has 3 rings (SSSR count). The van der Waals surface area contributed by atoms with Gasteiger partial charge in [0.05, 0.1) is 18.8 Å². The third-order valence-corrected chi connectivity index (χ3v) is 5.00. The van der Waals surface area contributed by atoms with Crippen molar-refractivity contribution in [2.24, 2.45) is 0 Å². The fraction of sp³-hybridized carbons (Fsp3) is 0.526. The van der Waals surface area contributed by atoms with Gasteiger partial charge in [-0.3, -0.25) is 9.69 Å². The number of nitrogens with zero attached hydrogens (tertiary/aromatic N) is 2. The van der Waals surface area contributed by atoms with Gasteiger partial charge in [-0.2, -0.15) is 0 Å². The molecule has 0 saturated carbocycles. The minimum Gasteiger partial charge on any atom is -0.494 e. The van der Waals surface area contributed by atoms with Crippen LogP contribution in [0.4, 0.5) is 0 Å².